The van der Waals surface area contributed by atoms with Gasteiger partial charge in [0.05, 0.1) is 0 Å². The second-order valence-corrected chi connectivity index (χ2v) is 5.99. The van der Waals surface area contributed by atoms with Gasteiger partial charge in [0, 0.05) is 15.8 Å². The Balaban J connectivity index is 2.16. The van der Waals surface area contributed by atoms with Gasteiger partial charge in [-0.2, -0.15) is 0 Å². The van der Waals surface area contributed by atoms with E-state index in [9.17, 15) is 4.39 Å². The van der Waals surface area contributed by atoms with Crippen LogP contribution in [0.15, 0.2) is 42.0 Å². The Labute approximate surface area is 124 Å². The average molecular weight is 289 g/mol. The van der Waals surface area contributed by atoms with Crippen LogP contribution in [0.1, 0.15) is 25.6 Å². The fourth-order valence-corrected chi connectivity index (χ4v) is 3.04. The molecule has 1 nitrogen and oxygen atoms in total. The molecule has 1 unspecified atom stereocenters. The second-order valence-electron chi connectivity index (χ2n) is 4.88. The molecule has 3 heteroatoms. The molecule has 0 aliphatic carbocycles. The van der Waals surface area contributed by atoms with Gasteiger partial charge in [-0.15, -0.1) is 11.3 Å². The van der Waals surface area contributed by atoms with Gasteiger partial charge in [-0.3, -0.25) is 0 Å². The van der Waals surface area contributed by atoms with Gasteiger partial charge >= 0.3 is 0 Å². The molecule has 2 aromatic rings. The molecule has 1 N–H and O–H groups in total. The monoisotopic (exact) mass is 289 g/mol. The lowest BCUT2D eigenvalue weighted by molar-refractivity contribution is 0.628. The lowest BCUT2D eigenvalue weighted by Crippen LogP contribution is -2.26. The van der Waals surface area contributed by atoms with E-state index >= 15 is 0 Å². The molecule has 0 saturated heterocycles. The van der Waals surface area contributed by atoms with Crippen LogP contribution in [-0.2, 0) is 0 Å². The van der Waals surface area contributed by atoms with Gasteiger partial charge in [0.15, 0.2) is 0 Å². The lowest BCUT2D eigenvalue weighted by atomic mass is 10.1. The molecule has 0 aliphatic rings. The molecule has 0 saturated carbocycles. The number of thiophene rings is 1. The molecule has 20 heavy (non-hydrogen) atoms. The van der Waals surface area contributed by atoms with Crippen LogP contribution in [0.4, 0.5) is 4.39 Å². The summed E-state index contributed by atoms with van der Waals surface area (Å²) in [4.78, 5) is 2.40. The number of rotatable bonds is 5. The normalized spacial score (nSPS) is 13.5. The highest BCUT2D eigenvalue weighted by Crippen LogP contribution is 2.29. The van der Waals surface area contributed by atoms with Gasteiger partial charge in [-0.1, -0.05) is 24.6 Å². The van der Waals surface area contributed by atoms with E-state index in [1.54, 1.807) is 11.3 Å². The first-order valence-corrected chi connectivity index (χ1v) is 7.69. The zero-order valence-corrected chi connectivity index (χ0v) is 12.9. The minimum Gasteiger partial charge on any atom is -0.311 e. The van der Waals surface area contributed by atoms with Crippen molar-refractivity contribution in [2.75, 3.05) is 6.54 Å². The smallest absolute Gasteiger partial charge is 0.123 e. The zero-order chi connectivity index (χ0) is 14.5. The molecule has 2 rings (SSSR count). The Kier molecular flexibility index (Phi) is 5.10. The molecular formula is C17H20FNS. The highest BCUT2D eigenvalue weighted by Gasteiger charge is 2.05. The largest absolute Gasteiger partial charge is 0.311 e. The van der Waals surface area contributed by atoms with Crippen molar-refractivity contribution in [3.63, 3.8) is 0 Å². The summed E-state index contributed by atoms with van der Waals surface area (Å²) in [6.45, 7) is 7.40. The predicted octanol–water partition coefficient (Wildman–Crippen LogP) is 4.96. The van der Waals surface area contributed by atoms with E-state index in [4.69, 9.17) is 0 Å². The quantitative estimate of drug-likeness (QED) is 0.820. The number of nitrogens with one attached hydrogen (secondary N) is 1. The van der Waals surface area contributed by atoms with E-state index in [0.29, 0.717) is 6.04 Å². The second kappa shape index (κ2) is 6.82. The van der Waals surface area contributed by atoms with Crippen molar-refractivity contribution < 1.29 is 4.39 Å². The maximum Gasteiger partial charge on any atom is 0.123 e. The third-order valence-corrected chi connectivity index (χ3v) is 4.40. The maximum absolute atomic E-state index is 12.9. The third-order valence-electron chi connectivity index (χ3n) is 3.32. The van der Waals surface area contributed by atoms with Crippen molar-refractivity contribution >= 4 is 17.4 Å². The SMILES string of the molecule is CCNC(C)/C(C)=C/c1ccc(-c2ccc(F)cc2)s1. The van der Waals surface area contributed by atoms with Crippen LogP contribution in [0.5, 0.6) is 0 Å². The van der Waals surface area contributed by atoms with Gasteiger partial charge in [0.1, 0.15) is 5.82 Å². The van der Waals surface area contributed by atoms with Crippen molar-refractivity contribution in [2.24, 2.45) is 0 Å². The summed E-state index contributed by atoms with van der Waals surface area (Å²) in [5.74, 6) is -0.194. The first kappa shape index (κ1) is 14.9. The minimum absolute atomic E-state index is 0.194. The average Bonchev–Trinajstić information content (AvgIpc) is 2.88. The highest BCUT2D eigenvalue weighted by atomic mass is 32.1. The van der Waals surface area contributed by atoms with Crippen LogP contribution in [-0.4, -0.2) is 12.6 Å². The lowest BCUT2D eigenvalue weighted by Gasteiger charge is -2.12. The molecule has 0 radical (unpaired) electrons. The van der Waals surface area contributed by atoms with Gasteiger partial charge in [0.2, 0.25) is 0 Å². The Hall–Kier alpha value is -1.45. The molecule has 1 atom stereocenters. The summed E-state index contributed by atoms with van der Waals surface area (Å²) in [6, 6.07) is 11.2. The maximum atomic E-state index is 12.9. The van der Waals surface area contributed by atoms with Crippen molar-refractivity contribution in [1.29, 1.82) is 0 Å². The summed E-state index contributed by atoms with van der Waals surface area (Å²) >= 11 is 1.73. The summed E-state index contributed by atoms with van der Waals surface area (Å²) in [5, 5.41) is 3.40. The molecular weight excluding hydrogens is 269 g/mol. The number of likely N-dealkylation sites (N-methyl/N-ethyl adjacent to an activating group) is 1. The molecule has 0 fully saturated rings. The summed E-state index contributed by atoms with van der Waals surface area (Å²) in [5.41, 5.74) is 2.38. The van der Waals surface area contributed by atoms with Crippen LogP contribution in [0, 0.1) is 5.82 Å². The molecule has 106 valence electrons. The van der Waals surface area contributed by atoms with Gasteiger partial charge in [0.25, 0.3) is 0 Å². The van der Waals surface area contributed by atoms with Gasteiger partial charge in [-0.25, -0.2) is 4.39 Å². The van der Waals surface area contributed by atoms with Crippen molar-refractivity contribution in [2.45, 2.75) is 26.8 Å². The summed E-state index contributed by atoms with van der Waals surface area (Å²) in [7, 11) is 0. The Morgan fingerprint density at radius 3 is 2.60 bits per heavy atom. The fraction of sp³-hybridized carbons (Fsp3) is 0.294. The predicted molar refractivity (Wildman–Crippen MR) is 86.5 cm³/mol. The van der Waals surface area contributed by atoms with E-state index < -0.39 is 0 Å². The van der Waals surface area contributed by atoms with E-state index in [-0.39, 0.29) is 5.82 Å². The van der Waals surface area contributed by atoms with Crippen LogP contribution >= 0.6 is 11.3 Å². The number of halogens is 1. The number of hydrogen-bond acceptors (Lipinski definition) is 2. The molecule has 0 spiro atoms. The first-order valence-electron chi connectivity index (χ1n) is 6.87. The standard InChI is InChI=1S/C17H20FNS/c1-4-19-13(3)12(2)11-16-9-10-17(20-16)14-5-7-15(18)8-6-14/h5-11,13,19H,4H2,1-3H3/b12-11+. The van der Waals surface area contributed by atoms with Crippen LogP contribution in [0.3, 0.4) is 0 Å². The van der Waals surface area contributed by atoms with Gasteiger partial charge < -0.3 is 5.32 Å². The van der Waals surface area contributed by atoms with Crippen LogP contribution in [0.2, 0.25) is 0 Å². The molecule has 1 aromatic carbocycles. The van der Waals surface area contributed by atoms with E-state index in [1.807, 2.05) is 12.1 Å². The van der Waals surface area contributed by atoms with Crippen molar-refractivity contribution in [1.82, 2.24) is 5.32 Å². The van der Waals surface area contributed by atoms with Crippen LogP contribution < -0.4 is 5.32 Å². The highest BCUT2D eigenvalue weighted by molar-refractivity contribution is 7.16. The third kappa shape index (κ3) is 3.78. The van der Waals surface area contributed by atoms with Crippen molar-refractivity contribution in [3.05, 3.63) is 52.7 Å². The first-order chi connectivity index (χ1) is 9.60. The molecule has 0 bridgehead atoms. The van der Waals surface area contributed by atoms with Crippen LogP contribution in [0.25, 0.3) is 16.5 Å². The Morgan fingerprint density at radius 2 is 1.95 bits per heavy atom. The topological polar surface area (TPSA) is 12.0 Å². The van der Waals surface area contributed by atoms with E-state index in [0.717, 1.165) is 12.1 Å². The Bertz CT molecular complexity index is 583. The summed E-state index contributed by atoms with van der Waals surface area (Å²) < 4.78 is 12.9. The number of benzene rings is 1. The molecule has 0 aliphatic heterocycles. The Morgan fingerprint density at radius 1 is 1.25 bits per heavy atom. The van der Waals surface area contributed by atoms with E-state index in [1.165, 1.54) is 27.5 Å². The summed E-state index contributed by atoms with van der Waals surface area (Å²) in [6.07, 6.45) is 2.21. The van der Waals surface area contributed by atoms with Crippen molar-refractivity contribution in [3.8, 4) is 10.4 Å². The molecule has 1 aromatic heterocycles. The van der Waals surface area contributed by atoms with Gasteiger partial charge in [-0.05, 0) is 56.3 Å². The molecule has 1 heterocycles. The molecule has 0 amide bonds. The fourth-order valence-electron chi connectivity index (χ4n) is 2.02. The van der Waals surface area contributed by atoms with E-state index in [2.05, 4.69) is 44.3 Å². The minimum atomic E-state index is -0.194. The number of hydrogen-bond donors (Lipinski definition) is 1. The zero-order valence-electron chi connectivity index (χ0n) is 12.1.